The van der Waals surface area contributed by atoms with Gasteiger partial charge in [0.05, 0.1) is 30.2 Å². The minimum Gasteiger partial charge on any atom is -0.378 e. The molecule has 1 N–H and O–H groups in total. The lowest BCUT2D eigenvalue weighted by Crippen LogP contribution is -2.36. The summed E-state index contributed by atoms with van der Waals surface area (Å²) < 4.78 is 46.1. The van der Waals surface area contributed by atoms with E-state index in [1.165, 1.54) is 6.07 Å². The van der Waals surface area contributed by atoms with Gasteiger partial charge in [-0.05, 0) is 41.1 Å². The lowest BCUT2D eigenvalue weighted by atomic mass is 10.0. The highest BCUT2D eigenvalue weighted by molar-refractivity contribution is 9.10. The summed E-state index contributed by atoms with van der Waals surface area (Å²) in [6, 6.07) is 14.2. The predicted molar refractivity (Wildman–Crippen MR) is 114 cm³/mol. The van der Waals surface area contributed by atoms with Crippen LogP contribution in [-0.4, -0.2) is 32.2 Å². The van der Waals surface area contributed by atoms with Crippen LogP contribution in [0.4, 0.5) is 24.5 Å². The third-order valence-corrected chi connectivity index (χ3v) is 5.73. The third-order valence-electron chi connectivity index (χ3n) is 5.04. The number of carbonyl (C=O) groups excluding carboxylic acids is 1. The number of fused-ring (bicyclic) bond motifs is 1. The van der Waals surface area contributed by atoms with Gasteiger partial charge in [-0.2, -0.15) is 13.2 Å². The molecule has 1 fully saturated rings. The van der Waals surface area contributed by atoms with Crippen molar-refractivity contribution in [3.8, 4) is 0 Å². The van der Waals surface area contributed by atoms with Gasteiger partial charge in [0.25, 0.3) is 5.91 Å². The number of rotatable bonds is 3. The molecule has 156 valence electrons. The van der Waals surface area contributed by atoms with E-state index in [0.717, 1.165) is 22.0 Å². The molecule has 0 spiro atoms. The highest BCUT2D eigenvalue weighted by Gasteiger charge is 2.32. The number of amides is 1. The molecule has 0 unspecified atom stereocenters. The van der Waals surface area contributed by atoms with Gasteiger partial charge < -0.3 is 15.0 Å². The van der Waals surface area contributed by atoms with E-state index in [4.69, 9.17) is 4.74 Å². The van der Waals surface area contributed by atoms with E-state index in [9.17, 15) is 18.0 Å². The van der Waals surface area contributed by atoms with Crippen LogP contribution in [0.15, 0.2) is 59.1 Å². The van der Waals surface area contributed by atoms with Crippen LogP contribution >= 0.6 is 15.9 Å². The van der Waals surface area contributed by atoms with Gasteiger partial charge in [-0.15, -0.1) is 0 Å². The number of hydrogen-bond donors (Lipinski definition) is 1. The quantitative estimate of drug-likeness (QED) is 0.524. The largest absolute Gasteiger partial charge is 0.416 e. The fourth-order valence-electron chi connectivity index (χ4n) is 3.55. The Morgan fingerprint density at radius 3 is 2.43 bits per heavy atom. The second kappa shape index (κ2) is 8.28. The van der Waals surface area contributed by atoms with Gasteiger partial charge in [0.2, 0.25) is 0 Å². The first-order chi connectivity index (χ1) is 14.3. The first kappa shape index (κ1) is 20.7. The molecule has 1 aliphatic rings. The number of alkyl halides is 3. The van der Waals surface area contributed by atoms with Crippen LogP contribution in [0.3, 0.4) is 0 Å². The predicted octanol–water partition coefficient (Wildman–Crippen LogP) is 5.71. The molecule has 4 nitrogen and oxygen atoms in total. The number of carbonyl (C=O) groups is 1. The van der Waals surface area contributed by atoms with Gasteiger partial charge >= 0.3 is 6.18 Å². The van der Waals surface area contributed by atoms with Crippen molar-refractivity contribution in [2.75, 3.05) is 36.5 Å². The minimum atomic E-state index is -4.51. The Morgan fingerprint density at radius 2 is 1.70 bits per heavy atom. The molecule has 8 heteroatoms. The lowest BCUT2D eigenvalue weighted by molar-refractivity contribution is -0.137. The molecule has 3 aromatic rings. The summed E-state index contributed by atoms with van der Waals surface area (Å²) in [7, 11) is 0. The molecule has 0 aliphatic carbocycles. The van der Waals surface area contributed by atoms with Crippen molar-refractivity contribution >= 4 is 44.0 Å². The standard InChI is InChI=1S/C22H18BrF3N2O2/c23-18-6-2-3-15-16(18)4-1-5-17(15)21(29)27-19-13-14(22(24,25)26)7-8-20(19)28-9-11-30-12-10-28/h1-8,13H,9-12H2,(H,27,29). The van der Waals surface area contributed by atoms with Gasteiger partial charge in [0.1, 0.15) is 0 Å². The van der Waals surface area contributed by atoms with Gasteiger partial charge in [-0.25, -0.2) is 0 Å². The van der Waals surface area contributed by atoms with E-state index in [1.54, 1.807) is 12.1 Å². The van der Waals surface area contributed by atoms with Gasteiger partial charge in [-0.3, -0.25) is 4.79 Å². The second-order valence-corrected chi connectivity index (χ2v) is 7.78. The maximum absolute atomic E-state index is 13.3. The van der Waals surface area contributed by atoms with Crippen molar-refractivity contribution < 1.29 is 22.7 Å². The smallest absolute Gasteiger partial charge is 0.378 e. The van der Waals surface area contributed by atoms with Crippen molar-refractivity contribution in [2.45, 2.75) is 6.18 Å². The molecule has 4 rings (SSSR count). The maximum atomic E-state index is 13.3. The van der Waals surface area contributed by atoms with Crippen molar-refractivity contribution in [3.63, 3.8) is 0 Å². The summed E-state index contributed by atoms with van der Waals surface area (Å²) in [6.07, 6.45) is -4.51. The highest BCUT2D eigenvalue weighted by atomic mass is 79.9. The van der Waals surface area contributed by atoms with Crippen molar-refractivity contribution in [1.29, 1.82) is 0 Å². The Labute approximate surface area is 179 Å². The number of ether oxygens (including phenoxy) is 1. The molecular weight excluding hydrogens is 461 g/mol. The number of halogens is 4. The average molecular weight is 479 g/mol. The zero-order valence-corrected chi connectivity index (χ0v) is 17.4. The maximum Gasteiger partial charge on any atom is 0.416 e. The summed E-state index contributed by atoms with van der Waals surface area (Å²) in [4.78, 5) is 15.0. The molecule has 0 saturated carbocycles. The summed E-state index contributed by atoms with van der Waals surface area (Å²) >= 11 is 3.47. The van der Waals surface area contributed by atoms with Crippen LogP contribution in [-0.2, 0) is 10.9 Å². The van der Waals surface area contributed by atoms with Crippen molar-refractivity contribution in [3.05, 3.63) is 70.2 Å². The summed E-state index contributed by atoms with van der Waals surface area (Å²) in [5.74, 6) is -0.465. The molecule has 0 radical (unpaired) electrons. The Kier molecular flexibility index (Phi) is 5.71. The lowest BCUT2D eigenvalue weighted by Gasteiger charge is -2.31. The molecule has 1 saturated heterocycles. The number of nitrogens with one attached hydrogen (secondary N) is 1. The molecule has 0 aromatic heterocycles. The Hall–Kier alpha value is -2.58. The summed E-state index contributed by atoms with van der Waals surface area (Å²) in [6.45, 7) is 2.03. The van der Waals surface area contributed by atoms with Crippen LogP contribution in [0, 0.1) is 0 Å². The van der Waals surface area contributed by atoms with Crippen LogP contribution in [0.2, 0.25) is 0 Å². The second-order valence-electron chi connectivity index (χ2n) is 6.92. The molecule has 0 atom stereocenters. The zero-order valence-electron chi connectivity index (χ0n) is 15.8. The SMILES string of the molecule is O=C(Nc1cc(C(F)(F)F)ccc1N1CCOCC1)c1cccc2c(Br)cccc12. The molecule has 30 heavy (non-hydrogen) atoms. The third kappa shape index (κ3) is 4.15. The first-order valence-electron chi connectivity index (χ1n) is 9.37. The highest BCUT2D eigenvalue weighted by Crippen LogP contribution is 2.36. The van der Waals surface area contributed by atoms with E-state index >= 15 is 0 Å². The fraction of sp³-hybridized carbons (Fsp3) is 0.227. The Morgan fingerprint density at radius 1 is 1.00 bits per heavy atom. The Balaban J connectivity index is 1.74. The van der Waals surface area contributed by atoms with Gasteiger partial charge in [0.15, 0.2) is 0 Å². The van der Waals surface area contributed by atoms with Crippen molar-refractivity contribution in [2.24, 2.45) is 0 Å². The molecule has 1 aliphatic heterocycles. The number of morpholine rings is 1. The molecule has 1 heterocycles. The normalized spacial score (nSPS) is 14.7. The van der Waals surface area contributed by atoms with E-state index in [2.05, 4.69) is 21.2 Å². The van der Waals surface area contributed by atoms with E-state index in [1.807, 2.05) is 29.2 Å². The number of hydrogen-bond acceptors (Lipinski definition) is 3. The van der Waals surface area contributed by atoms with Crippen LogP contribution in [0.5, 0.6) is 0 Å². The number of benzene rings is 3. The molecule has 1 amide bonds. The molecule has 3 aromatic carbocycles. The van der Waals surface area contributed by atoms with Crippen LogP contribution in [0.25, 0.3) is 10.8 Å². The van der Waals surface area contributed by atoms with E-state index < -0.39 is 17.6 Å². The van der Waals surface area contributed by atoms with Crippen molar-refractivity contribution in [1.82, 2.24) is 0 Å². The van der Waals surface area contributed by atoms with E-state index in [0.29, 0.717) is 42.9 Å². The van der Waals surface area contributed by atoms with Gasteiger partial charge in [-0.1, -0.05) is 40.2 Å². The summed E-state index contributed by atoms with van der Waals surface area (Å²) in [5.41, 5.74) is 0.249. The van der Waals surface area contributed by atoms with Crippen LogP contribution < -0.4 is 10.2 Å². The van der Waals surface area contributed by atoms with E-state index in [-0.39, 0.29) is 5.69 Å². The topological polar surface area (TPSA) is 41.6 Å². The Bertz CT molecular complexity index is 1100. The summed E-state index contributed by atoms with van der Waals surface area (Å²) in [5, 5.41) is 4.27. The zero-order chi connectivity index (χ0) is 21.3. The number of nitrogens with zero attached hydrogens (tertiary/aromatic N) is 1. The minimum absolute atomic E-state index is 0.128. The van der Waals surface area contributed by atoms with Crippen LogP contribution in [0.1, 0.15) is 15.9 Å². The average Bonchev–Trinajstić information content (AvgIpc) is 2.73. The first-order valence-corrected chi connectivity index (χ1v) is 10.2. The monoisotopic (exact) mass is 478 g/mol. The molecule has 0 bridgehead atoms. The molecular formula is C22H18BrF3N2O2. The van der Waals surface area contributed by atoms with Gasteiger partial charge in [0, 0.05) is 23.1 Å². The fourth-order valence-corrected chi connectivity index (χ4v) is 4.05. The number of anilines is 2.